The van der Waals surface area contributed by atoms with Crippen LogP contribution in [-0.2, 0) is 0 Å². The van der Waals surface area contributed by atoms with Crippen LogP contribution < -0.4 is 5.32 Å². The Morgan fingerprint density at radius 2 is 1.75 bits per heavy atom. The second-order valence-corrected chi connectivity index (χ2v) is 6.14. The van der Waals surface area contributed by atoms with Crippen molar-refractivity contribution >= 4 is 0 Å². The number of piperazine rings is 1. The molecule has 1 spiro atoms. The van der Waals surface area contributed by atoms with Crippen LogP contribution in [0.3, 0.4) is 0 Å². The summed E-state index contributed by atoms with van der Waals surface area (Å²) >= 11 is 0. The number of nitrogens with zero attached hydrogens (tertiary/aromatic N) is 1. The first-order valence-electron chi connectivity index (χ1n) is 7.13. The Morgan fingerprint density at radius 1 is 1.06 bits per heavy atom. The SMILES string of the molecule is CC(C)C(C)N1CCNCC12CCCCC2. The third kappa shape index (κ3) is 2.28. The normalized spacial score (nSPS) is 28.5. The Bertz CT molecular complexity index is 211. The average Bonchev–Trinajstić information content (AvgIpc) is 2.30. The summed E-state index contributed by atoms with van der Waals surface area (Å²) in [6.45, 7) is 10.8. The van der Waals surface area contributed by atoms with E-state index in [1.165, 1.54) is 51.7 Å². The molecule has 1 heterocycles. The predicted molar refractivity (Wildman–Crippen MR) is 69.7 cm³/mol. The first kappa shape index (κ1) is 12.4. The van der Waals surface area contributed by atoms with E-state index >= 15 is 0 Å². The summed E-state index contributed by atoms with van der Waals surface area (Å²) in [6, 6.07) is 0.736. The molecule has 1 N–H and O–H groups in total. The van der Waals surface area contributed by atoms with Gasteiger partial charge in [0.2, 0.25) is 0 Å². The molecule has 2 fully saturated rings. The summed E-state index contributed by atoms with van der Waals surface area (Å²) in [5.41, 5.74) is 0.500. The fraction of sp³-hybridized carbons (Fsp3) is 1.00. The summed E-state index contributed by atoms with van der Waals surface area (Å²) in [7, 11) is 0. The van der Waals surface area contributed by atoms with Gasteiger partial charge in [0, 0.05) is 31.2 Å². The van der Waals surface area contributed by atoms with Crippen molar-refractivity contribution in [2.24, 2.45) is 5.92 Å². The molecule has 2 rings (SSSR count). The van der Waals surface area contributed by atoms with Gasteiger partial charge in [-0.2, -0.15) is 0 Å². The highest BCUT2D eigenvalue weighted by Crippen LogP contribution is 2.36. The van der Waals surface area contributed by atoms with Gasteiger partial charge in [0.1, 0.15) is 0 Å². The maximum atomic E-state index is 3.63. The van der Waals surface area contributed by atoms with Gasteiger partial charge in [0.15, 0.2) is 0 Å². The van der Waals surface area contributed by atoms with Crippen LogP contribution in [0.15, 0.2) is 0 Å². The van der Waals surface area contributed by atoms with Crippen LogP contribution in [0.4, 0.5) is 0 Å². The lowest BCUT2D eigenvalue weighted by molar-refractivity contribution is -0.0155. The molecule has 0 aromatic carbocycles. The molecule has 2 nitrogen and oxygen atoms in total. The molecule has 0 aromatic heterocycles. The summed E-state index contributed by atoms with van der Waals surface area (Å²) < 4.78 is 0. The minimum absolute atomic E-state index is 0.500. The van der Waals surface area contributed by atoms with E-state index in [2.05, 4.69) is 31.0 Å². The van der Waals surface area contributed by atoms with Crippen molar-refractivity contribution < 1.29 is 0 Å². The first-order chi connectivity index (χ1) is 7.66. The van der Waals surface area contributed by atoms with E-state index in [1.807, 2.05) is 0 Å². The maximum Gasteiger partial charge on any atom is 0.0337 e. The minimum atomic E-state index is 0.500. The Balaban J connectivity index is 2.12. The van der Waals surface area contributed by atoms with Gasteiger partial charge >= 0.3 is 0 Å². The Labute approximate surface area is 101 Å². The summed E-state index contributed by atoms with van der Waals surface area (Å²) in [5, 5.41) is 3.63. The highest BCUT2D eigenvalue weighted by molar-refractivity contribution is 5.00. The zero-order valence-corrected chi connectivity index (χ0v) is 11.3. The van der Waals surface area contributed by atoms with Crippen LogP contribution >= 0.6 is 0 Å². The molecule has 0 amide bonds. The minimum Gasteiger partial charge on any atom is -0.314 e. The molecular formula is C14H28N2. The number of hydrogen-bond acceptors (Lipinski definition) is 2. The number of hydrogen-bond donors (Lipinski definition) is 1. The van der Waals surface area contributed by atoms with Gasteiger partial charge in [-0.3, -0.25) is 4.90 Å². The van der Waals surface area contributed by atoms with Crippen LogP contribution in [0.1, 0.15) is 52.9 Å². The molecule has 1 saturated heterocycles. The molecule has 1 saturated carbocycles. The van der Waals surface area contributed by atoms with E-state index in [-0.39, 0.29) is 0 Å². The largest absolute Gasteiger partial charge is 0.314 e. The predicted octanol–water partition coefficient (Wildman–Crippen LogP) is 2.64. The smallest absolute Gasteiger partial charge is 0.0337 e. The summed E-state index contributed by atoms with van der Waals surface area (Å²) in [4.78, 5) is 2.83. The molecular weight excluding hydrogens is 196 g/mol. The second-order valence-electron chi connectivity index (χ2n) is 6.14. The topological polar surface area (TPSA) is 15.3 Å². The van der Waals surface area contributed by atoms with Gasteiger partial charge in [0.05, 0.1) is 0 Å². The molecule has 1 aliphatic heterocycles. The van der Waals surface area contributed by atoms with E-state index in [0.717, 1.165) is 12.0 Å². The van der Waals surface area contributed by atoms with Gasteiger partial charge in [-0.15, -0.1) is 0 Å². The molecule has 94 valence electrons. The maximum absolute atomic E-state index is 3.63. The van der Waals surface area contributed by atoms with Crippen LogP contribution in [0.2, 0.25) is 0 Å². The fourth-order valence-corrected chi connectivity index (χ4v) is 3.53. The van der Waals surface area contributed by atoms with Crippen LogP contribution in [0.25, 0.3) is 0 Å². The molecule has 16 heavy (non-hydrogen) atoms. The monoisotopic (exact) mass is 224 g/mol. The van der Waals surface area contributed by atoms with Crippen molar-refractivity contribution in [1.82, 2.24) is 10.2 Å². The molecule has 1 aliphatic carbocycles. The summed E-state index contributed by atoms with van der Waals surface area (Å²) in [6.07, 6.45) is 7.14. The number of nitrogens with one attached hydrogen (secondary N) is 1. The van der Waals surface area contributed by atoms with Gasteiger partial charge in [-0.05, 0) is 25.7 Å². The van der Waals surface area contributed by atoms with E-state index in [1.54, 1.807) is 0 Å². The average molecular weight is 224 g/mol. The van der Waals surface area contributed by atoms with Crippen molar-refractivity contribution in [3.8, 4) is 0 Å². The molecule has 1 atom stereocenters. The molecule has 0 radical (unpaired) electrons. The van der Waals surface area contributed by atoms with Crippen molar-refractivity contribution in [1.29, 1.82) is 0 Å². The Morgan fingerprint density at radius 3 is 2.38 bits per heavy atom. The Kier molecular flexibility index (Phi) is 3.91. The zero-order chi connectivity index (χ0) is 11.6. The lowest BCUT2D eigenvalue weighted by Gasteiger charge is -2.53. The third-order valence-electron chi connectivity index (χ3n) is 4.83. The van der Waals surface area contributed by atoms with E-state index in [9.17, 15) is 0 Å². The molecule has 2 aliphatic rings. The fourth-order valence-electron chi connectivity index (χ4n) is 3.53. The molecule has 0 aromatic rings. The summed E-state index contributed by atoms with van der Waals surface area (Å²) in [5.74, 6) is 0.775. The van der Waals surface area contributed by atoms with Crippen LogP contribution in [0.5, 0.6) is 0 Å². The lowest BCUT2D eigenvalue weighted by Crippen LogP contribution is -2.65. The standard InChI is InChI=1S/C14H28N2/c1-12(2)13(3)16-10-9-15-11-14(16)7-5-4-6-8-14/h12-13,15H,4-11H2,1-3H3. The van der Waals surface area contributed by atoms with E-state index in [0.29, 0.717) is 5.54 Å². The van der Waals surface area contributed by atoms with E-state index in [4.69, 9.17) is 0 Å². The van der Waals surface area contributed by atoms with Gasteiger partial charge in [-0.25, -0.2) is 0 Å². The second kappa shape index (κ2) is 5.05. The third-order valence-corrected chi connectivity index (χ3v) is 4.83. The van der Waals surface area contributed by atoms with Gasteiger partial charge in [-0.1, -0.05) is 33.1 Å². The van der Waals surface area contributed by atoms with E-state index < -0.39 is 0 Å². The lowest BCUT2D eigenvalue weighted by atomic mass is 9.77. The van der Waals surface area contributed by atoms with Gasteiger partial charge < -0.3 is 5.32 Å². The molecule has 0 bridgehead atoms. The van der Waals surface area contributed by atoms with Gasteiger partial charge in [0.25, 0.3) is 0 Å². The van der Waals surface area contributed by atoms with Crippen LogP contribution in [0, 0.1) is 5.92 Å². The van der Waals surface area contributed by atoms with Crippen molar-refractivity contribution in [3.05, 3.63) is 0 Å². The zero-order valence-electron chi connectivity index (χ0n) is 11.3. The van der Waals surface area contributed by atoms with Crippen molar-refractivity contribution in [2.75, 3.05) is 19.6 Å². The quantitative estimate of drug-likeness (QED) is 0.776. The molecule has 1 unspecified atom stereocenters. The highest BCUT2D eigenvalue weighted by atomic mass is 15.3. The van der Waals surface area contributed by atoms with Crippen LogP contribution in [-0.4, -0.2) is 36.1 Å². The highest BCUT2D eigenvalue weighted by Gasteiger charge is 2.41. The van der Waals surface area contributed by atoms with Crippen molar-refractivity contribution in [2.45, 2.75) is 64.5 Å². The Hall–Kier alpha value is -0.0800. The first-order valence-corrected chi connectivity index (χ1v) is 7.13. The molecule has 2 heteroatoms. The van der Waals surface area contributed by atoms with Crippen molar-refractivity contribution in [3.63, 3.8) is 0 Å². The number of rotatable bonds is 2.